The highest BCUT2D eigenvalue weighted by atomic mass is 35.5. The Morgan fingerprint density at radius 1 is 1.09 bits per heavy atom. The first-order valence-electron chi connectivity index (χ1n) is 11.5. The van der Waals surface area contributed by atoms with Gasteiger partial charge in [0, 0.05) is 29.6 Å². The Hall–Kier alpha value is -3.40. The van der Waals surface area contributed by atoms with E-state index in [1.54, 1.807) is 36.7 Å². The van der Waals surface area contributed by atoms with Gasteiger partial charge in [-0.05, 0) is 82.5 Å². The maximum atomic E-state index is 13.0. The zero-order valence-electron chi connectivity index (χ0n) is 20.3. The van der Waals surface area contributed by atoms with Crippen LogP contribution < -0.4 is 10.1 Å². The standard InChI is InChI=1S/C28H28ClN3O3/c1-27(2)15-20(16-28(3,4)35-27)32-26(33)19-8-9-25(23(29)14-19)34-24-7-5-6-21(22(24)17-30)18-10-12-31-13-11-18/h5-14,20H,15-16H2,1-4H3,(H,32,33). The lowest BCUT2D eigenvalue weighted by Crippen LogP contribution is -2.52. The van der Waals surface area contributed by atoms with Crippen LogP contribution >= 0.6 is 11.6 Å². The summed E-state index contributed by atoms with van der Waals surface area (Å²) < 4.78 is 12.1. The number of rotatable bonds is 5. The SMILES string of the molecule is CC1(C)CC(NC(=O)c2ccc(Oc3cccc(-c4ccncc4)c3C#N)c(Cl)c2)CC(C)(C)O1. The number of nitrogens with zero attached hydrogens (tertiary/aromatic N) is 2. The van der Waals surface area contributed by atoms with E-state index < -0.39 is 0 Å². The first kappa shape index (κ1) is 24.7. The smallest absolute Gasteiger partial charge is 0.251 e. The summed E-state index contributed by atoms with van der Waals surface area (Å²) in [6, 6.07) is 16.2. The summed E-state index contributed by atoms with van der Waals surface area (Å²) in [7, 11) is 0. The van der Waals surface area contributed by atoms with Crippen LogP contribution in [-0.4, -0.2) is 28.1 Å². The third-order valence-corrected chi connectivity index (χ3v) is 6.20. The van der Waals surface area contributed by atoms with E-state index in [0.29, 0.717) is 22.6 Å². The third-order valence-electron chi connectivity index (χ3n) is 5.91. The highest BCUT2D eigenvalue weighted by Crippen LogP contribution is 2.37. The van der Waals surface area contributed by atoms with Gasteiger partial charge in [-0.15, -0.1) is 0 Å². The molecule has 0 unspecified atom stereocenters. The Bertz CT molecular complexity index is 1270. The minimum absolute atomic E-state index is 0.00920. The molecule has 0 saturated carbocycles. The minimum atomic E-state index is -0.321. The molecule has 0 bridgehead atoms. The molecular weight excluding hydrogens is 462 g/mol. The van der Waals surface area contributed by atoms with Crippen molar-refractivity contribution in [2.24, 2.45) is 0 Å². The molecule has 1 aliphatic rings. The summed E-state index contributed by atoms with van der Waals surface area (Å²) in [5, 5.41) is 13.2. The minimum Gasteiger partial charge on any atom is -0.454 e. The van der Waals surface area contributed by atoms with Gasteiger partial charge in [-0.25, -0.2) is 0 Å². The number of benzene rings is 2. The van der Waals surface area contributed by atoms with E-state index in [4.69, 9.17) is 21.1 Å². The van der Waals surface area contributed by atoms with Gasteiger partial charge >= 0.3 is 0 Å². The van der Waals surface area contributed by atoms with Crippen LogP contribution in [-0.2, 0) is 4.74 Å². The Morgan fingerprint density at radius 3 is 2.40 bits per heavy atom. The summed E-state index contributed by atoms with van der Waals surface area (Å²) >= 11 is 6.49. The van der Waals surface area contributed by atoms with Crippen molar-refractivity contribution in [1.82, 2.24) is 10.3 Å². The molecule has 1 aliphatic heterocycles. The number of nitrogens with one attached hydrogen (secondary N) is 1. The van der Waals surface area contributed by atoms with E-state index in [0.717, 1.165) is 24.0 Å². The molecule has 1 fully saturated rings. The average molecular weight is 490 g/mol. The predicted molar refractivity (Wildman–Crippen MR) is 136 cm³/mol. The van der Waals surface area contributed by atoms with E-state index in [-0.39, 0.29) is 28.2 Å². The van der Waals surface area contributed by atoms with E-state index in [2.05, 4.69) is 16.4 Å². The van der Waals surface area contributed by atoms with Crippen LogP contribution in [0.5, 0.6) is 11.5 Å². The average Bonchev–Trinajstić information content (AvgIpc) is 2.78. The van der Waals surface area contributed by atoms with Crippen molar-refractivity contribution in [1.29, 1.82) is 5.26 Å². The largest absolute Gasteiger partial charge is 0.454 e. The summed E-state index contributed by atoms with van der Waals surface area (Å²) in [6.45, 7) is 8.15. The molecule has 2 aromatic carbocycles. The van der Waals surface area contributed by atoms with E-state index in [1.807, 2.05) is 52.0 Å². The molecule has 0 spiro atoms. The molecule has 1 amide bonds. The van der Waals surface area contributed by atoms with Crippen molar-refractivity contribution in [3.05, 3.63) is 77.1 Å². The van der Waals surface area contributed by atoms with Crippen molar-refractivity contribution in [2.75, 3.05) is 0 Å². The second kappa shape index (κ2) is 9.69. The predicted octanol–water partition coefficient (Wildman–Crippen LogP) is 6.53. The Kier molecular flexibility index (Phi) is 6.84. The van der Waals surface area contributed by atoms with Crippen LogP contribution in [0.25, 0.3) is 11.1 Å². The summed E-state index contributed by atoms with van der Waals surface area (Å²) in [4.78, 5) is 17.0. The molecule has 6 nitrogen and oxygen atoms in total. The first-order valence-corrected chi connectivity index (χ1v) is 11.9. The van der Waals surface area contributed by atoms with Crippen molar-refractivity contribution in [2.45, 2.75) is 57.8 Å². The van der Waals surface area contributed by atoms with Gasteiger partial charge in [0.25, 0.3) is 5.91 Å². The van der Waals surface area contributed by atoms with Crippen molar-refractivity contribution < 1.29 is 14.3 Å². The van der Waals surface area contributed by atoms with Gasteiger partial charge in [0.15, 0.2) is 0 Å². The lowest BCUT2D eigenvalue weighted by Gasteiger charge is -2.45. The molecule has 180 valence electrons. The number of hydrogen-bond donors (Lipinski definition) is 1. The number of nitriles is 1. The Labute approximate surface area is 210 Å². The van der Waals surface area contributed by atoms with Crippen LogP contribution in [0.2, 0.25) is 5.02 Å². The topological polar surface area (TPSA) is 84.2 Å². The molecule has 35 heavy (non-hydrogen) atoms. The maximum absolute atomic E-state index is 13.0. The second-order valence-corrected chi connectivity index (χ2v) is 10.4. The monoisotopic (exact) mass is 489 g/mol. The van der Waals surface area contributed by atoms with E-state index >= 15 is 0 Å². The fourth-order valence-electron chi connectivity index (χ4n) is 4.81. The second-order valence-electron chi connectivity index (χ2n) is 9.97. The molecule has 1 saturated heterocycles. The molecule has 1 aromatic heterocycles. The van der Waals surface area contributed by atoms with Gasteiger partial charge in [-0.1, -0.05) is 23.7 Å². The van der Waals surface area contributed by atoms with Crippen molar-refractivity contribution >= 4 is 17.5 Å². The third kappa shape index (κ3) is 5.82. The van der Waals surface area contributed by atoms with Crippen LogP contribution in [0.1, 0.15) is 56.5 Å². The molecule has 7 heteroatoms. The van der Waals surface area contributed by atoms with E-state index in [1.165, 1.54) is 0 Å². The summed E-state index contributed by atoms with van der Waals surface area (Å²) in [5.41, 5.74) is 1.79. The van der Waals surface area contributed by atoms with Crippen molar-refractivity contribution in [3.63, 3.8) is 0 Å². The van der Waals surface area contributed by atoms with E-state index in [9.17, 15) is 10.1 Å². The van der Waals surface area contributed by atoms with Gasteiger partial charge in [-0.3, -0.25) is 9.78 Å². The highest BCUT2D eigenvalue weighted by Gasteiger charge is 2.39. The summed E-state index contributed by atoms with van der Waals surface area (Å²) in [5.74, 6) is 0.543. The molecule has 0 aliphatic carbocycles. The Balaban J connectivity index is 1.53. The first-order chi connectivity index (χ1) is 16.6. The number of halogens is 1. The number of carbonyl (C=O) groups is 1. The molecule has 3 aromatic rings. The van der Waals surface area contributed by atoms with Crippen LogP contribution in [0.15, 0.2) is 60.9 Å². The lowest BCUT2D eigenvalue weighted by molar-refractivity contribution is -0.162. The van der Waals surface area contributed by atoms with Gasteiger partial charge < -0.3 is 14.8 Å². The number of hydrogen-bond acceptors (Lipinski definition) is 5. The van der Waals surface area contributed by atoms with Gasteiger partial charge in [0.1, 0.15) is 23.1 Å². The fraction of sp³-hybridized carbons (Fsp3) is 0.321. The molecule has 4 rings (SSSR count). The Morgan fingerprint density at radius 2 is 1.77 bits per heavy atom. The number of carbonyl (C=O) groups excluding carboxylic acids is 1. The van der Waals surface area contributed by atoms with Crippen LogP contribution in [0.3, 0.4) is 0 Å². The van der Waals surface area contributed by atoms with Crippen LogP contribution in [0, 0.1) is 11.3 Å². The zero-order valence-corrected chi connectivity index (χ0v) is 21.0. The molecular formula is C28H28ClN3O3. The quantitative estimate of drug-likeness (QED) is 0.440. The highest BCUT2D eigenvalue weighted by molar-refractivity contribution is 6.32. The summed E-state index contributed by atoms with van der Waals surface area (Å²) in [6.07, 6.45) is 4.80. The van der Waals surface area contributed by atoms with Gasteiger partial charge in [-0.2, -0.15) is 5.26 Å². The zero-order chi connectivity index (χ0) is 25.2. The number of ether oxygens (including phenoxy) is 2. The molecule has 1 N–H and O–H groups in total. The van der Waals surface area contributed by atoms with Crippen molar-refractivity contribution in [3.8, 4) is 28.7 Å². The number of aromatic nitrogens is 1. The van der Waals surface area contributed by atoms with Crippen LogP contribution in [0.4, 0.5) is 0 Å². The fourth-order valence-corrected chi connectivity index (χ4v) is 5.03. The number of pyridine rings is 1. The van der Waals surface area contributed by atoms with Gasteiger partial charge in [0.2, 0.25) is 0 Å². The number of amides is 1. The maximum Gasteiger partial charge on any atom is 0.251 e. The lowest BCUT2D eigenvalue weighted by atomic mass is 9.85. The normalized spacial score (nSPS) is 16.8. The van der Waals surface area contributed by atoms with Gasteiger partial charge in [0.05, 0.1) is 16.2 Å². The molecule has 0 atom stereocenters. The molecule has 0 radical (unpaired) electrons. The molecule has 2 heterocycles.